The van der Waals surface area contributed by atoms with Gasteiger partial charge in [-0.15, -0.1) is 0 Å². The van der Waals surface area contributed by atoms with Gasteiger partial charge in [0.25, 0.3) is 0 Å². The number of hydrogen-bond donors (Lipinski definition) is 0. The average Bonchev–Trinajstić information content (AvgIpc) is 2.17. The fourth-order valence-corrected chi connectivity index (χ4v) is 1.42. The van der Waals surface area contributed by atoms with E-state index in [1.807, 2.05) is 31.1 Å². The number of likely N-dealkylation sites (N-methyl/N-ethyl adjacent to an activating group) is 1. The number of halogens is 2. The van der Waals surface area contributed by atoms with Crippen molar-refractivity contribution in [2.45, 2.75) is 0 Å². The number of nitrogens with zero attached hydrogens (tertiary/aromatic N) is 1. The Morgan fingerprint density at radius 1 is 1.44 bits per heavy atom. The first-order valence-electron chi connectivity index (χ1n) is 4.67. The van der Waals surface area contributed by atoms with Crippen LogP contribution in [0.1, 0.15) is 10.4 Å². The first kappa shape index (κ1) is 15.4. The second kappa shape index (κ2) is 7.65. The van der Waals surface area contributed by atoms with E-state index < -0.39 is 0 Å². The largest absolute Gasteiger partial charge is 1.00 e. The van der Waals surface area contributed by atoms with Crippen LogP contribution in [0.25, 0.3) is 0 Å². The van der Waals surface area contributed by atoms with Gasteiger partial charge < -0.3 is 22.0 Å². The zero-order chi connectivity index (χ0) is 11.3. The van der Waals surface area contributed by atoms with Crippen LogP contribution in [0, 0.1) is 0 Å². The third-order valence-electron chi connectivity index (χ3n) is 1.83. The second-order valence-electron chi connectivity index (χ2n) is 3.45. The number of rotatable bonds is 4. The van der Waals surface area contributed by atoms with Gasteiger partial charge in [0.15, 0.2) is 0 Å². The summed E-state index contributed by atoms with van der Waals surface area (Å²) in [4.78, 5) is 13.5. The summed E-state index contributed by atoms with van der Waals surface area (Å²) < 4.78 is 5.97. The van der Waals surface area contributed by atoms with Crippen LogP contribution >= 0.6 is 15.9 Å². The van der Waals surface area contributed by atoms with Crippen molar-refractivity contribution in [3.8, 4) is 0 Å². The summed E-state index contributed by atoms with van der Waals surface area (Å²) in [6.07, 6.45) is 0. The van der Waals surface area contributed by atoms with Gasteiger partial charge in [-0.25, -0.2) is 4.79 Å². The molecule has 0 aliphatic heterocycles. The maximum Gasteiger partial charge on any atom is 0.338 e. The minimum Gasteiger partial charge on any atom is -1.00 e. The van der Waals surface area contributed by atoms with Crippen molar-refractivity contribution in [2.75, 3.05) is 27.2 Å². The van der Waals surface area contributed by atoms with Gasteiger partial charge in [0.05, 0.1) is 5.56 Å². The van der Waals surface area contributed by atoms with Gasteiger partial charge >= 0.3 is 5.97 Å². The SMILES string of the molecule is CN(C)CCOC(=O)c1cccc(Br)c1.[Cl-]. The summed E-state index contributed by atoms with van der Waals surface area (Å²) >= 11 is 3.31. The maximum absolute atomic E-state index is 11.5. The molecule has 0 spiro atoms. The topological polar surface area (TPSA) is 29.5 Å². The third kappa shape index (κ3) is 5.49. The van der Waals surface area contributed by atoms with Crippen molar-refractivity contribution < 1.29 is 21.9 Å². The Bertz CT molecular complexity index is 345. The van der Waals surface area contributed by atoms with E-state index in [2.05, 4.69) is 15.9 Å². The lowest BCUT2D eigenvalue weighted by atomic mass is 10.2. The molecule has 5 heteroatoms. The van der Waals surface area contributed by atoms with Gasteiger partial charge in [-0.3, -0.25) is 0 Å². The van der Waals surface area contributed by atoms with Crippen LogP contribution in [0.15, 0.2) is 28.7 Å². The van der Waals surface area contributed by atoms with E-state index in [0.717, 1.165) is 11.0 Å². The fraction of sp³-hybridized carbons (Fsp3) is 0.364. The molecule has 0 saturated heterocycles. The molecule has 0 saturated carbocycles. The normalized spacial score (nSPS) is 9.75. The molecule has 0 fully saturated rings. The van der Waals surface area contributed by atoms with Crippen LogP contribution < -0.4 is 12.4 Å². The van der Waals surface area contributed by atoms with Gasteiger partial charge in [-0.05, 0) is 32.3 Å². The van der Waals surface area contributed by atoms with Crippen molar-refractivity contribution in [1.29, 1.82) is 0 Å². The number of ether oxygens (including phenoxy) is 1. The van der Waals surface area contributed by atoms with Gasteiger partial charge in [0.2, 0.25) is 0 Å². The summed E-state index contributed by atoms with van der Waals surface area (Å²) in [7, 11) is 3.87. The highest BCUT2D eigenvalue weighted by molar-refractivity contribution is 9.10. The molecule has 0 radical (unpaired) electrons. The molecule has 0 aromatic heterocycles. The Labute approximate surface area is 110 Å². The van der Waals surface area contributed by atoms with E-state index in [9.17, 15) is 4.79 Å². The van der Waals surface area contributed by atoms with Gasteiger partial charge in [-0.1, -0.05) is 22.0 Å². The van der Waals surface area contributed by atoms with Gasteiger partial charge in [0, 0.05) is 11.0 Å². The molecule has 90 valence electrons. The average molecular weight is 308 g/mol. The molecule has 0 aliphatic rings. The number of benzene rings is 1. The standard InChI is InChI=1S/C11H14BrNO2.ClH/c1-13(2)6-7-15-11(14)9-4-3-5-10(12)8-9;/h3-5,8H,6-7H2,1-2H3;1H/p-1. The summed E-state index contributed by atoms with van der Waals surface area (Å²) in [6.45, 7) is 1.15. The molecule has 0 unspecified atom stereocenters. The molecular weight excluding hydrogens is 293 g/mol. The van der Waals surface area contributed by atoms with E-state index in [4.69, 9.17) is 4.74 Å². The molecule has 0 bridgehead atoms. The van der Waals surface area contributed by atoms with Crippen LogP contribution in [0.5, 0.6) is 0 Å². The molecular formula is C11H14BrClNO2-. The lowest BCUT2D eigenvalue weighted by molar-refractivity contribution is -0.0000223. The Balaban J connectivity index is 0.00000225. The summed E-state index contributed by atoms with van der Waals surface area (Å²) in [6, 6.07) is 7.17. The predicted molar refractivity (Wildman–Crippen MR) is 63.0 cm³/mol. The van der Waals surface area contributed by atoms with Crippen molar-refractivity contribution >= 4 is 21.9 Å². The van der Waals surface area contributed by atoms with E-state index in [0.29, 0.717) is 12.2 Å². The van der Waals surface area contributed by atoms with Crippen LogP contribution in [0.3, 0.4) is 0 Å². The zero-order valence-corrected chi connectivity index (χ0v) is 11.6. The molecule has 0 heterocycles. The quantitative estimate of drug-likeness (QED) is 0.680. The van der Waals surface area contributed by atoms with Crippen molar-refractivity contribution in [3.63, 3.8) is 0 Å². The van der Waals surface area contributed by atoms with Crippen molar-refractivity contribution in [3.05, 3.63) is 34.3 Å². The lowest BCUT2D eigenvalue weighted by Gasteiger charge is -2.09. The minimum absolute atomic E-state index is 0. The Morgan fingerprint density at radius 2 is 2.12 bits per heavy atom. The van der Waals surface area contributed by atoms with Crippen LogP contribution in [-0.2, 0) is 4.74 Å². The maximum atomic E-state index is 11.5. The van der Waals surface area contributed by atoms with E-state index >= 15 is 0 Å². The number of carbonyl (C=O) groups is 1. The molecule has 0 atom stereocenters. The highest BCUT2D eigenvalue weighted by Gasteiger charge is 2.06. The van der Waals surface area contributed by atoms with E-state index in [1.165, 1.54) is 0 Å². The molecule has 1 aromatic carbocycles. The molecule has 0 N–H and O–H groups in total. The van der Waals surface area contributed by atoms with Crippen molar-refractivity contribution in [1.82, 2.24) is 4.90 Å². The molecule has 0 aliphatic carbocycles. The molecule has 0 amide bonds. The Kier molecular flexibility index (Phi) is 7.38. The summed E-state index contributed by atoms with van der Waals surface area (Å²) in [5.41, 5.74) is 0.572. The van der Waals surface area contributed by atoms with Gasteiger partial charge in [-0.2, -0.15) is 0 Å². The number of carbonyl (C=O) groups excluding carboxylic acids is 1. The summed E-state index contributed by atoms with van der Waals surface area (Å²) in [5.74, 6) is -0.279. The highest BCUT2D eigenvalue weighted by atomic mass is 79.9. The van der Waals surface area contributed by atoms with Crippen molar-refractivity contribution in [2.24, 2.45) is 0 Å². The first-order valence-corrected chi connectivity index (χ1v) is 5.46. The minimum atomic E-state index is -0.279. The second-order valence-corrected chi connectivity index (χ2v) is 4.37. The monoisotopic (exact) mass is 306 g/mol. The van der Waals surface area contributed by atoms with Crippen LogP contribution in [0.2, 0.25) is 0 Å². The third-order valence-corrected chi connectivity index (χ3v) is 2.33. The van der Waals surface area contributed by atoms with Crippen LogP contribution in [0.4, 0.5) is 0 Å². The predicted octanol–water partition coefficient (Wildman–Crippen LogP) is -0.828. The molecule has 3 nitrogen and oxygen atoms in total. The summed E-state index contributed by atoms with van der Waals surface area (Å²) in [5, 5.41) is 0. The highest BCUT2D eigenvalue weighted by Crippen LogP contribution is 2.12. The molecule has 1 rings (SSSR count). The smallest absolute Gasteiger partial charge is 0.338 e. The Hall–Kier alpha value is -0.580. The zero-order valence-electron chi connectivity index (χ0n) is 9.24. The lowest BCUT2D eigenvalue weighted by Crippen LogP contribution is -3.00. The fourth-order valence-electron chi connectivity index (χ4n) is 1.02. The first-order chi connectivity index (χ1) is 7.09. The molecule has 16 heavy (non-hydrogen) atoms. The number of esters is 1. The Morgan fingerprint density at radius 3 is 2.69 bits per heavy atom. The van der Waals surface area contributed by atoms with E-state index in [-0.39, 0.29) is 18.4 Å². The van der Waals surface area contributed by atoms with Crippen LogP contribution in [-0.4, -0.2) is 38.1 Å². The molecule has 1 aromatic rings. The van der Waals surface area contributed by atoms with Gasteiger partial charge in [0.1, 0.15) is 6.61 Å². The number of hydrogen-bond acceptors (Lipinski definition) is 3. The van der Waals surface area contributed by atoms with E-state index in [1.54, 1.807) is 12.1 Å².